The van der Waals surface area contributed by atoms with Crippen LogP contribution < -0.4 is 0 Å². The molecule has 0 spiro atoms. The predicted octanol–water partition coefficient (Wildman–Crippen LogP) is 5.43. The van der Waals surface area contributed by atoms with Crippen LogP contribution in [0.1, 0.15) is 59.9 Å². The van der Waals surface area contributed by atoms with Crippen molar-refractivity contribution in [1.29, 1.82) is 0 Å². The van der Waals surface area contributed by atoms with Crippen molar-refractivity contribution < 1.29 is 0 Å². The second-order valence-electron chi connectivity index (χ2n) is 7.26. The van der Waals surface area contributed by atoms with E-state index in [2.05, 4.69) is 71.9 Å². The van der Waals surface area contributed by atoms with Gasteiger partial charge >= 0.3 is 0 Å². The molecular formula is C17H28. The van der Waals surface area contributed by atoms with Gasteiger partial charge in [-0.3, -0.25) is 0 Å². The highest BCUT2D eigenvalue weighted by molar-refractivity contribution is 5.21. The molecule has 0 amide bonds. The van der Waals surface area contributed by atoms with Crippen molar-refractivity contribution >= 4 is 0 Å². The summed E-state index contributed by atoms with van der Waals surface area (Å²) in [5, 5.41) is 0. The summed E-state index contributed by atoms with van der Waals surface area (Å²) in [5.41, 5.74) is 2.30. The van der Waals surface area contributed by atoms with Crippen LogP contribution in [0.3, 0.4) is 0 Å². The van der Waals surface area contributed by atoms with Gasteiger partial charge in [-0.25, -0.2) is 0 Å². The maximum Gasteiger partial charge on any atom is -0.0132 e. The first-order valence-electron chi connectivity index (χ1n) is 6.77. The first kappa shape index (κ1) is 14.3. The lowest BCUT2D eigenvalue weighted by molar-refractivity contribution is 0.351. The highest BCUT2D eigenvalue weighted by Crippen LogP contribution is 2.44. The van der Waals surface area contributed by atoms with E-state index in [9.17, 15) is 0 Å². The van der Waals surface area contributed by atoms with Gasteiger partial charge in [0.2, 0.25) is 0 Å². The van der Waals surface area contributed by atoms with Gasteiger partial charge in [-0.15, -0.1) is 0 Å². The van der Waals surface area contributed by atoms with Crippen LogP contribution in [-0.4, -0.2) is 0 Å². The van der Waals surface area contributed by atoms with E-state index in [1.165, 1.54) is 18.4 Å². The molecule has 96 valence electrons. The summed E-state index contributed by atoms with van der Waals surface area (Å²) in [5.74, 6) is 1.05. The molecule has 0 heterocycles. The minimum atomic E-state index is 0.293. The summed E-state index contributed by atoms with van der Waals surface area (Å²) in [6.07, 6.45) is 2.95. The molecule has 1 saturated carbocycles. The van der Waals surface area contributed by atoms with Crippen molar-refractivity contribution in [2.75, 3.05) is 0 Å². The third kappa shape index (κ3) is 5.39. The third-order valence-corrected chi connectivity index (χ3v) is 3.44. The lowest BCUT2D eigenvalue weighted by Gasteiger charge is -2.18. The number of rotatable bonds is 0. The first-order chi connectivity index (χ1) is 7.71. The van der Waals surface area contributed by atoms with E-state index in [0.29, 0.717) is 10.8 Å². The largest absolute Gasteiger partial charge is 0.0622 e. The Hall–Kier alpha value is -0.780. The summed E-state index contributed by atoms with van der Waals surface area (Å²) in [7, 11) is 0. The van der Waals surface area contributed by atoms with Crippen molar-refractivity contribution in [2.45, 2.75) is 59.8 Å². The minimum Gasteiger partial charge on any atom is -0.0622 e. The van der Waals surface area contributed by atoms with Crippen LogP contribution in [0.5, 0.6) is 0 Å². The molecule has 0 N–H and O–H groups in total. The van der Waals surface area contributed by atoms with E-state index in [1.807, 2.05) is 0 Å². The van der Waals surface area contributed by atoms with E-state index < -0.39 is 0 Å². The second-order valence-corrected chi connectivity index (χ2v) is 7.26. The topological polar surface area (TPSA) is 0 Å². The zero-order valence-electron chi connectivity index (χ0n) is 12.4. The summed E-state index contributed by atoms with van der Waals surface area (Å²) >= 11 is 0. The van der Waals surface area contributed by atoms with Gasteiger partial charge < -0.3 is 0 Å². The molecule has 1 aromatic carbocycles. The van der Waals surface area contributed by atoms with Crippen molar-refractivity contribution in [2.24, 2.45) is 11.3 Å². The molecule has 1 aliphatic carbocycles. The van der Waals surface area contributed by atoms with Gasteiger partial charge in [0.1, 0.15) is 0 Å². The number of hydrogen-bond acceptors (Lipinski definition) is 0. The van der Waals surface area contributed by atoms with Crippen molar-refractivity contribution in [3.63, 3.8) is 0 Å². The molecule has 0 aromatic heterocycles. The quantitative estimate of drug-likeness (QED) is 0.560. The molecular weight excluding hydrogens is 204 g/mol. The summed E-state index contributed by atoms with van der Waals surface area (Å²) in [4.78, 5) is 0. The van der Waals surface area contributed by atoms with Crippen LogP contribution in [0, 0.1) is 11.3 Å². The Labute approximate surface area is 107 Å². The smallest absolute Gasteiger partial charge is 0.0132 e. The van der Waals surface area contributed by atoms with Gasteiger partial charge in [0, 0.05) is 0 Å². The fourth-order valence-corrected chi connectivity index (χ4v) is 1.89. The van der Waals surface area contributed by atoms with E-state index >= 15 is 0 Å². The Bertz CT molecular complexity index is 317. The Kier molecular flexibility index (Phi) is 4.41. The van der Waals surface area contributed by atoms with E-state index in [-0.39, 0.29) is 0 Å². The van der Waals surface area contributed by atoms with Crippen LogP contribution in [-0.2, 0) is 5.41 Å². The van der Waals surface area contributed by atoms with Crippen LogP contribution in [0.25, 0.3) is 0 Å². The minimum absolute atomic E-state index is 0.293. The Balaban J connectivity index is 0.000000181. The standard InChI is InChI=1S/C10H14.C7H14/c1-10(2,3)9-7-5-4-6-8-9;1-7(2,3)6-4-5-6/h4-8H,1-3H3;6H,4-5H2,1-3H3. The Morgan fingerprint density at radius 1 is 0.824 bits per heavy atom. The van der Waals surface area contributed by atoms with Crippen molar-refractivity contribution in [1.82, 2.24) is 0 Å². The molecule has 0 atom stereocenters. The summed E-state index contributed by atoms with van der Waals surface area (Å²) in [6, 6.07) is 10.6. The van der Waals surface area contributed by atoms with Gasteiger partial charge in [0.25, 0.3) is 0 Å². The fourth-order valence-electron chi connectivity index (χ4n) is 1.89. The number of benzene rings is 1. The molecule has 0 aliphatic heterocycles. The van der Waals surface area contributed by atoms with Crippen LogP contribution in [0.15, 0.2) is 30.3 Å². The maximum atomic E-state index is 2.32. The normalized spacial score (nSPS) is 16.1. The SMILES string of the molecule is CC(C)(C)C1CC1.CC(C)(C)c1ccccc1. The molecule has 0 saturated heterocycles. The lowest BCUT2D eigenvalue weighted by Crippen LogP contribution is -2.10. The molecule has 0 bridgehead atoms. The average molecular weight is 232 g/mol. The van der Waals surface area contributed by atoms with Crippen molar-refractivity contribution in [3.05, 3.63) is 35.9 Å². The van der Waals surface area contributed by atoms with E-state index in [1.54, 1.807) is 0 Å². The molecule has 1 aromatic rings. The van der Waals surface area contributed by atoms with Crippen LogP contribution >= 0.6 is 0 Å². The van der Waals surface area contributed by atoms with Crippen LogP contribution in [0.2, 0.25) is 0 Å². The average Bonchev–Trinajstić information content (AvgIpc) is 3.00. The lowest BCUT2D eigenvalue weighted by atomic mass is 9.87. The predicted molar refractivity (Wildman–Crippen MR) is 77.3 cm³/mol. The zero-order valence-corrected chi connectivity index (χ0v) is 12.4. The Morgan fingerprint density at radius 3 is 1.47 bits per heavy atom. The van der Waals surface area contributed by atoms with Gasteiger partial charge in [-0.2, -0.15) is 0 Å². The molecule has 17 heavy (non-hydrogen) atoms. The Morgan fingerprint density at radius 2 is 1.29 bits per heavy atom. The third-order valence-electron chi connectivity index (χ3n) is 3.44. The zero-order chi connectivity index (χ0) is 13.1. The molecule has 1 fully saturated rings. The molecule has 0 heteroatoms. The highest BCUT2D eigenvalue weighted by atomic mass is 14.4. The fraction of sp³-hybridized carbons (Fsp3) is 0.647. The van der Waals surface area contributed by atoms with Crippen molar-refractivity contribution in [3.8, 4) is 0 Å². The molecule has 0 unspecified atom stereocenters. The molecule has 2 rings (SSSR count). The molecule has 1 aliphatic rings. The molecule has 0 nitrogen and oxygen atoms in total. The van der Waals surface area contributed by atoms with Gasteiger partial charge in [-0.05, 0) is 35.2 Å². The maximum absolute atomic E-state index is 2.32. The number of hydrogen-bond donors (Lipinski definition) is 0. The second kappa shape index (κ2) is 5.25. The summed E-state index contributed by atoms with van der Waals surface area (Å²) in [6.45, 7) is 13.6. The summed E-state index contributed by atoms with van der Waals surface area (Å²) < 4.78 is 0. The van der Waals surface area contributed by atoms with Gasteiger partial charge in [0.05, 0.1) is 0 Å². The van der Waals surface area contributed by atoms with Gasteiger partial charge in [-0.1, -0.05) is 71.9 Å². The monoisotopic (exact) mass is 232 g/mol. The van der Waals surface area contributed by atoms with Crippen LogP contribution in [0.4, 0.5) is 0 Å². The highest BCUT2D eigenvalue weighted by Gasteiger charge is 2.33. The molecule has 0 radical (unpaired) electrons. The van der Waals surface area contributed by atoms with E-state index in [0.717, 1.165) is 5.92 Å². The van der Waals surface area contributed by atoms with Gasteiger partial charge in [0.15, 0.2) is 0 Å². The first-order valence-corrected chi connectivity index (χ1v) is 6.77. The van der Waals surface area contributed by atoms with E-state index in [4.69, 9.17) is 0 Å².